The quantitative estimate of drug-likeness (QED) is 0.319. The summed E-state index contributed by atoms with van der Waals surface area (Å²) in [5, 5.41) is 18.6. The largest absolute Gasteiger partial charge is 0.481 e. The van der Waals surface area contributed by atoms with Crippen molar-refractivity contribution in [3.63, 3.8) is 0 Å². The zero-order valence-corrected chi connectivity index (χ0v) is 20.3. The van der Waals surface area contributed by atoms with Crippen LogP contribution >= 0.6 is 0 Å². The van der Waals surface area contributed by atoms with Crippen LogP contribution in [0.2, 0.25) is 0 Å². The number of carboxylic acid groups (broad SMARTS) is 2. The molecule has 2 N–H and O–H groups in total. The molecule has 1 saturated carbocycles. The molecular formula is C27H42O4. The van der Waals surface area contributed by atoms with Crippen LogP contribution in [0.25, 0.3) is 0 Å². The Hall–Kier alpha value is -1.84. The highest BCUT2D eigenvalue weighted by Crippen LogP contribution is 2.50. The molecule has 1 fully saturated rings. The average molecular weight is 431 g/mol. The summed E-state index contributed by atoms with van der Waals surface area (Å²) in [6, 6.07) is 2.30. The zero-order chi connectivity index (χ0) is 23.2. The summed E-state index contributed by atoms with van der Waals surface area (Å²) in [6.45, 7) is 10.2. The maximum absolute atomic E-state index is 11.3. The average Bonchev–Trinajstić information content (AvgIpc) is 3.47. The van der Waals surface area contributed by atoms with Crippen molar-refractivity contribution in [1.82, 2.24) is 0 Å². The molecule has 1 aromatic carbocycles. The molecule has 0 heterocycles. The third kappa shape index (κ3) is 6.82. The van der Waals surface area contributed by atoms with E-state index in [2.05, 4.69) is 26.8 Å². The molecule has 0 aromatic heterocycles. The first-order chi connectivity index (χ1) is 14.5. The van der Waals surface area contributed by atoms with E-state index < -0.39 is 22.8 Å². The second kappa shape index (κ2) is 10.7. The molecule has 0 bridgehead atoms. The minimum absolute atomic E-state index is 0.392. The first-order valence-corrected chi connectivity index (χ1v) is 12.1. The van der Waals surface area contributed by atoms with Gasteiger partial charge in [-0.05, 0) is 114 Å². The Morgan fingerprint density at radius 3 is 2.00 bits per heavy atom. The van der Waals surface area contributed by atoms with Crippen molar-refractivity contribution in [2.75, 3.05) is 0 Å². The van der Waals surface area contributed by atoms with Crippen molar-refractivity contribution in [2.45, 2.75) is 112 Å². The molecule has 31 heavy (non-hydrogen) atoms. The molecule has 0 aliphatic heterocycles. The lowest BCUT2D eigenvalue weighted by Gasteiger charge is -2.20. The van der Waals surface area contributed by atoms with Crippen LogP contribution in [0.1, 0.15) is 106 Å². The number of benzene rings is 1. The van der Waals surface area contributed by atoms with Crippen molar-refractivity contribution in [2.24, 2.45) is 10.8 Å². The molecule has 1 aliphatic carbocycles. The van der Waals surface area contributed by atoms with Crippen molar-refractivity contribution < 1.29 is 19.8 Å². The second-order valence-electron chi connectivity index (χ2n) is 10.5. The van der Waals surface area contributed by atoms with Gasteiger partial charge in [-0.25, -0.2) is 0 Å². The highest BCUT2D eigenvalue weighted by molar-refractivity contribution is 5.77. The summed E-state index contributed by atoms with van der Waals surface area (Å²) in [7, 11) is 0. The Balaban J connectivity index is 1.87. The van der Waals surface area contributed by atoms with Crippen LogP contribution in [0, 0.1) is 31.6 Å². The van der Waals surface area contributed by atoms with Crippen LogP contribution in [0.5, 0.6) is 0 Å². The fourth-order valence-electron chi connectivity index (χ4n) is 4.72. The van der Waals surface area contributed by atoms with Gasteiger partial charge in [-0.1, -0.05) is 31.7 Å². The number of aliphatic carboxylic acids is 2. The summed E-state index contributed by atoms with van der Waals surface area (Å²) in [5.74, 6) is -1.32. The summed E-state index contributed by atoms with van der Waals surface area (Å²) >= 11 is 0. The summed E-state index contributed by atoms with van der Waals surface area (Å²) < 4.78 is 0. The van der Waals surface area contributed by atoms with Gasteiger partial charge in [0.05, 0.1) is 10.8 Å². The lowest BCUT2D eigenvalue weighted by Crippen LogP contribution is -2.23. The van der Waals surface area contributed by atoms with E-state index in [0.717, 1.165) is 77.0 Å². The van der Waals surface area contributed by atoms with Crippen LogP contribution in [0.4, 0.5) is 0 Å². The minimum atomic E-state index is -0.712. The highest BCUT2D eigenvalue weighted by Gasteiger charge is 2.49. The van der Waals surface area contributed by atoms with Gasteiger partial charge in [-0.2, -0.15) is 0 Å². The van der Waals surface area contributed by atoms with E-state index in [0.29, 0.717) is 0 Å². The third-order valence-electron chi connectivity index (χ3n) is 7.51. The van der Waals surface area contributed by atoms with E-state index in [4.69, 9.17) is 0 Å². The predicted octanol–water partition coefficient (Wildman–Crippen LogP) is 6.79. The molecule has 0 unspecified atom stereocenters. The number of hydrogen-bond donors (Lipinski definition) is 2. The molecule has 0 radical (unpaired) electrons. The Bertz CT molecular complexity index is 787. The van der Waals surface area contributed by atoms with E-state index in [1.54, 1.807) is 0 Å². The van der Waals surface area contributed by atoms with Gasteiger partial charge in [0, 0.05) is 0 Å². The molecule has 2 rings (SSSR count). The molecule has 0 atom stereocenters. The van der Waals surface area contributed by atoms with Crippen LogP contribution < -0.4 is 0 Å². The Morgan fingerprint density at radius 1 is 0.871 bits per heavy atom. The molecule has 0 spiro atoms. The van der Waals surface area contributed by atoms with Crippen LogP contribution in [0.3, 0.4) is 0 Å². The van der Waals surface area contributed by atoms with Crippen molar-refractivity contribution in [3.05, 3.63) is 33.9 Å². The van der Waals surface area contributed by atoms with Gasteiger partial charge in [0.2, 0.25) is 0 Å². The second-order valence-corrected chi connectivity index (χ2v) is 10.5. The van der Waals surface area contributed by atoms with Gasteiger partial charge in [-0.3, -0.25) is 9.59 Å². The fraction of sp³-hybridized carbons (Fsp3) is 0.704. The third-order valence-corrected chi connectivity index (χ3v) is 7.51. The van der Waals surface area contributed by atoms with Gasteiger partial charge in [0.1, 0.15) is 0 Å². The smallest absolute Gasteiger partial charge is 0.309 e. The molecule has 1 aliphatic rings. The zero-order valence-electron chi connectivity index (χ0n) is 20.3. The number of hydrogen-bond acceptors (Lipinski definition) is 2. The van der Waals surface area contributed by atoms with E-state index >= 15 is 0 Å². The molecule has 4 nitrogen and oxygen atoms in total. The SMILES string of the molecule is Cc1cc(C)c(CCCCCC2(C(=O)O)CC2)c(CCCCCC(C)(C)C(=O)O)c1C. The van der Waals surface area contributed by atoms with Gasteiger partial charge in [0.25, 0.3) is 0 Å². The summed E-state index contributed by atoms with van der Waals surface area (Å²) in [6.07, 6.45) is 11.7. The van der Waals surface area contributed by atoms with E-state index in [1.807, 2.05) is 13.8 Å². The topological polar surface area (TPSA) is 74.6 Å². The van der Waals surface area contributed by atoms with Crippen LogP contribution in [-0.4, -0.2) is 22.2 Å². The molecule has 174 valence electrons. The molecule has 1 aromatic rings. The van der Waals surface area contributed by atoms with Crippen LogP contribution in [0.15, 0.2) is 6.07 Å². The van der Waals surface area contributed by atoms with Crippen molar-refractivity contribution in [3.8, 4) is 0 Å². The monoisotopic (exact) mass is 430 g/mol. The van der Waals surface area contributed by atoms with Gasteiger partial charge >= 0.3 is 11.9 Å². The first kappa shape index (κ1) is 25.4. The molecule has 0 amide bonds. The normalized spacial score (nSPS) is 15.1. The van der Waals surface area contributed by atoms with Gasteiger partial charge in [0.15, 0.2) is 0 Å². The molecular weight excluding hydrogens is 388 g/mol. The number of carboxylic acids is 2. The number of unbranched alkanes of at least 4 members (excludes halogenated alkanes) is 4. The Kier molecular flexibility index (Phi) is 8.73. The first-order valence-electron chi connectivity index (χ1n) is 12.1. The van der Waals surface area contributed by atoms with Crippen molar-refractivity contribution in [1.29, 1.82) is 0 Å². The lowest BCUT2D eigenvalue weighted by molar-refractivity contribution is -0.147. The predicted molar refractivity (Wildman–Crippen MR) is 126 cm³/mol. The Labute approximate surface area is 188 Å². The standard InChI is InChI=1S/C27H42O4/c1-19-18-20(2)22(12-8-7-11-15-27(16-17-27)25(30)31)23(21(19)3)13-9-6-10-14-26(4,5)24(28)29/h18H,6-17H2,1-5H3,(H,28,29)(H,30,31). The minimum Gasteiger partial charge on any atom is -0.481 e. The fourth-order valence-corrected chi connectivity index (χ4v) is 4.72. The van der Waals surface area contributed by atoms with Gasteiger partial charge < -0.3 is 10.2 Å². The summed E-state index contributed by atoms with van der Waals surface area (Å²) in [4.78, 5) is 22.6. The lowest BCUT2D eigenvalue weighted by atomic mass is 9.85. The van der Waals surface area contributed by atoms with E-state index in [9.17, 15) is 19.8 Å². The van der Waals surface area contributed by atoms with Crippen LogP contribution in [-0.2, 0) is 22.4 Å². The number of carbonyl (C=O) groups is 2. The van der Waals surface area contributed by atoms with Gasteiger partial charge in [-0.15, -0.1) is 0 Å². The molecule has 4 heteroatoms. The Morgan fingerprint density at radius 2 is 1.45 bits per heavy atom. The number of rotatable bonds is 14. The molecule has 0 saturated heterocycles. The van der Waals surface area contributed by atoms with E-state index in [-0.39, 0.29) is 0 Å². The van der Waals surface area contributed by atoms with E-state index in [1.165, 1.54) is 27.8 Å². The maximum atomic E-state index is 11.3. The number of aryl methyl sites for hydroxylation is 2. The maximum Gasteiger partial charge on any atom is 0.309 e. The summed E-state index contributed by atoms with van der Waals surface area (Å²) in [5.41, 5.74) is 6.05. The van der Waals surface area contributed by atoms with Crippen molar-refractivity contribution >= 4 is 11.9 Å². The highest BCUT2D eigenvalue weighted by atomic mass is 16.4.